The number of benzene rings is 2. The van der Waals surface area contributed by atoms with Crippen molar-refractivity contribution < 1.29 is 14.3 Å². The van der Waals surface area contributed by atoms with Crippen LogP contribution in [-0.4, -0.2) is 29.4 Å². The fourth-order valence-corrected chi connectivity index (χ4v) is 3.14. The standard InChI is InChI=1S/C22H23NO3/c1-16-6-5-7-18(14-16)10-11-21(24)26-17(2)22(25)23-13-12-19-8-3-4-9-20(19)15-23/h3-11,14,17H,12-13,15H2,1-2H3/b11-10+/t17-/m1/s1. The summed E-state index contributed by atoms with van der Waals surface area (Å²) in [6.45, 7) is 4.83. The van der Waals surface area contributed by atoms with E-state index in [0.29, 0.717) is 13.1 Å². The van der Waals surface area contributed by atoms with Gasteiger partial charge in [0, 0.05) is 19.2 Å². The molecule has 4 heteroatoms. The number of ether oxygens (including phenoxy) is 1. The first kappa shape index (κ1) is 17.9. The minimum Gasteiger partial charge on any atom is -0.449 e. The first-order valence-electron chi connectivity index (χ1n) is 8.84. The highest BCUT2D eigenvalue weighted by molar-refractivity contribution is 5.90. The molecule has 0 bridgehead atoms. The molecule has 134 valence electrons. The molecular formula is C22H23NO3. The topological polar surface area (TPSA) is 46.6 Å². The minimum atomic E-state index is -0.796. The van der Waals surface area contributed by atoms with E-state index in [9.17, 15) is 9.59 Å². The van der Waals surface area contributed by atoms with Gasteiger partial charge in [-0.3, -0.25) is 4.79 Å². The van der Waals surface area contributed by atoms with Gasteiger partial charge in [-0.15, -0.1) is 0 Å². The van der Waals surface area contributed by atoms with Crippen LogP contribution in [0.4, 0.5) is 0 Å². The average Bonchev–Trinajstić information content (AvgIpc) is 2.65. The second-order valence-corrected chi connectivity index (χ2v) is 6.61. The molecule has 0 saturated heterocycles. The molecule has 1 atom stereocenters. The van der Waals surface area contributed by atoms with Crippen LogP contribution in [0.5, 0.6) is 0 Å². The predicted molar refractivity (Wildman–Crippen MR) is 101 cm³/mol. The van der Waals surface area contributed by atoms with Crippen molar-refractivity contribution in [1.29, 1.82) is 0 Å². The van der Waals surface area contributed by atoms with Gasteiger partial charge in [-0.1, -0.05) is 54.1 Å². The van der Waals surface area contributed by atoms with Crippen molar-refractivity contribution in [3.63, 3.8) is 0 Å². The number of hydrogen-bond donors (Lipinski definition) is 0. The molecule has 1 heterocycles. The lowest BCUT2D eigenvalue weighted by Gasteiger charge is -2.30. The first-order chi connectivity index (χ1) is 12.5. The SMILES string of the molecule is Cc1cccc(/C=C/C(=O)O[C@H](C)C(=O)N2CCc3ccccc3C2)c1. The molecule has 2 aromatic rings. The zero-order chi connectivity index (χ0) is 18.5. The Morgan fingerprint density at radius 2 is 1.88 bits per heavy atom. The van der Waals surface area contributed by atoms with Crippen LogP contribution in [0.15, 0.2) is 54.6 Å². The number of hydrogen-bond acceptors (Lipinski definition) is 3. The van der Waals surface area contributed by atoms with Gasteiger partial charge in [0.1, 0.15) is 0 Å². The van der Waals surface area contributed by atoms with Crippen molar-refractivity contribution in [2.24, 2.45) is 0 Å². The second-order valence-electron chi connectivity index (χ2n) is 6.61. The first-order valence-corrected chi connectivity index (χ1v) is 8.84. The summed E-state index contributed by atoms with van der Waals surface area (Å²) in [5.41, 5.74) is 4.48. The maximum Gasteiger partial charge on any atom is 0.331 e. The highest BCUT2D eigenvalue weighted by atomic mass is 16.5. The Kier molecular flexibility index (Phi) is 5.52. The number of carbonyl (C=O) groups excluding carboxylic acids is 2. The average molecular weight is 349 g/mol. The highest BCUT2D eigenvalue weighted by Gasteiger charge is 2.26. The summed E-state index contributed by atoms with van der Waals surface area (Å²) in [5.74, 6) is -0.665. The van der Waals surface area contributed by atoms with Crippen LogP contribution in [0.25, 0.3) is 6.08 Å². The molecule has 1 amide bonds. The summed E-state index contributed by atoms with van der Waals surface area (Å²) in [6.07, 6.45) is 3.10. The van der Waals surface area contributed by atoms with Gasteiger partial charge in [0.15, 0.2) is 6.10 Å². The number of fused-ring (bicyclic) bond motifs is 1. The fourth-order valence-electron chi connectivity index (χ4n) is 3.14. The Balaban J connectivity index is 1.56. The predicted octanol–water partition coefficient (Wildman–Crippen LogP) is 3.52. The Bertz CT molecular complexity index is 841. The van der Waals surface area contributed by atoms with Gasteiger partial charge in [-0.05, 0) is 43.0 Å². The summed E-state index contributed by atoms with van der Waals surface area (Å²) in [7, 11) is 0. The van der Waals surface area contributed by atoms with Gasteiger partial charge in [0.05, 0.1) is 0 Å². The van der Waals surface area contributed by atoms with Crippen LogP contribution in [0, 0.1) is 6.92 Å². The monoisotopic (exact) mass is 349 g/mol. The van der Waals surface area contributed by atoms with Crippen LogP contribution in [0.3, 0.4) is 0 Å². The Labute approximate surface area is 154 Å². The molecule has 26 heavy (non-hydrogen) atoms. The van der Waals surface area contributed by atoms with Crippen LogP contribution < -0.4 is 0 Å². The molecule has 0 N–H and O–H groups in total. The zero-order valence-electron chi connectivity index (χ0n) is 15.1. The van der Waals surface area contributed by atoms with Crippen LogP contribution in [0.2, 0.25) is 0 Å². The van der Waals surface area contributed by atoms with Gasteiger partial charge in [-0.25, -0.2) is 4.79 Å². The number of rotatable bonds is 4. The Morgan fingerprint density at radius 3 is 2.65 bits per heavy atom. The minimum absolute atomic E-state index is 0.156. The molecule has 0 unspecified atom stereocenters. The quantitative estimate of drug-likeness (QED) is 0.627. The van der Waals surface area contributed by atoms with Crippen LogP contribution in [-0.2, 0) is 27.3 Å². The maximum atomic E-state index is 12.6. The third kappa shape index (κ3) is 4.39. The summed E-state index contributed by atoms with van der Waals surface area (Å²) in [6, 6.07) is 15.9. The number of aryl methyl sites for hydroxylation is 1. The molecule has 0 aliphatic carbocycles. The maximum absolute atomic E-state index is 12.6. The lowest BCUT2D eigenvalue weighted by molar-refractivity contribution is -0.155. The van der Waals surface area contributed by atoms with Crippen molar-refractivity contribution in [2.75, 3.05) is 6.54 Å². The van der Waals surface area contributed by atoms with E-state index < -0.39 is 12.1 Å². The third-order valence-electron chi connectivity index (χ3n) is 4.54. The molecule has 0 fully saturated rings. The normalized spacial score (nSPS) is 14.8. The Morgan fingerprint density at radius 1 is 1.12 bits per heavy atom. The smallest absolute Gasteiger partial charge is 0.331 e. The zero-order valence-corrected chi connectivity index (χ0v) is 15.1. The molecule has 2 aromatic carbocycles. The van der Waals surface area contributed by atoms with E-state index in [1.54, 1.807) is 17.9 Å². The number of esters is 1. The molecule has 0 aromatic heterocycles. The molecule has 1 aliphatic rings. The summed E-state index contributed by atoms with van der Waals surface area (Å²) in [4.78, 5) is 26.4. The lowest BCUT2D eigenvalue weighted by Crippen LogP contribution is -2.42. The number of nitrogens with zero attached hydrogens (tertiary/aromatic N) is 1. The van der Waals surface area contributed by atoms with E-state index in [1.807, 2.05) is 49.4 Å². The van der Waals surface area contributed by atoms with E-state index in [0.717, 1.165) is 23.1 Å². The van der Waals surface area contributed by atoms with Crippen molar-refractivity contribution in [1.82, 2.24) is 4.90 Å². The summed E-state index contributed by atoms with van der Waals surface area (Å²) >= 11 is 0. The van der Waals surface area contributed by atoms with Crippen LogP contribution >= 0.6 is 0 Å². The fraction of sp³-hybridized carbons (Fsp3) is 0.273. The summed E-state index contributed by atoms with van der Waals surface area (Å²) < 4.78 is 5.29. The van der Waals surface area contributed by atoms with E-state index >= 15 is 0 Å². The molecule has 0 spiro atoms. The van der Waals surface area contributed by atoms with Crippen molar-refractivity contribution >= 4 is 18.0 Å². The largest absolute Gasteiger partial charge is 0.449 e. The molecule has 0 saturated carbocycles. The third-order valence-corrected chi connectivity index (χ3v) is 4.54. The lowest BCUT2D eigenvalue weighted by atomic mass is 9.99. The molecule has 1 aliphatic heterocycles. The van der Waals surface area contributed by atoms with Gasteiger partial charge >= 0.3 is 5.97 Å². The molecular weight excluding hydrogens is 326 g/mol. The number of carbonyl (C=O) groups is 2. The van der Waals surface area contributed by atoms with Gasteiger partial charge in [0.2, 0.25) is 0 Å². The van der Waals surface area contributed by atoms with E-state index in [1.165, 1.54) is 11.6 Å². The van der Waals surface area contributed by atoms with E-state index in [4.69, 9.17) is 4.74 Å². The van der Waals surface area contributed by atoms with Crippen LogP contribution in [0.1, 0.15) is 29.2 Å². The number of amides is 1. The van der Waals surface area contributed by atoms with Gasteiger partial charge in [-0.2, -0.15) is 0 Å². The molecule has 4 nitrogen and oxygen atoms in total. The summed E-state index contributed by atoms with van der Waals surface area (Å²) in [5, 5.41) is 0. The van der Waals surface area contributed by atoms with Crippen molar-refractivity contribution in [2.45, 2.75) is 32.9 Å². The van der Waals surface area contributed by atoms with Gasteiger partial charge in [0.25, 0.3) is 5.91 Å². The van der Waals surface area contributed by atoms with Crippen molar-refractivity contribution in [3.8, 4) is 0 Å². The second kappa shape index (κ2) is 8.00. The van der Waals surface area contributed by atoms with Crippen molar-refractivity contribution in [3.05, 3.63) is 76.9 Å². The molecule has 0 radical (unpaired) electrons. The molecule has 3 rings (SSSR count). The Hall–Kier alpha value is -2.88. The van der Waals surface area contributed by atoms with E-state index in [-0.39, 0.29) is 5.91 Å². The highest BCUT2D eigenvalue weighted by Crippen LogP contribution is 2.19. The van der Waals surface area contributed by atoms with E-state index in [2.05, 4.69) is 6.07 Å². The van der Waals surface area contributed by atoms with Gasteiger partial charge < -0.3 is 9.64 Å².